The largest absolute Gasteiger partial charge is 0.389 e. The summed E-state index contributed by atoms with van der Waals surface area (Å²) < 4.78 is 0. The maximum Gasteiger partial charge on any atom is 0.0704 e. The second-order valence-corrected chi connectivity index (χ2v) is 8.53. The Morgan fingerprint density at radius 2 is 2.05 bits per heavy atom. The van der Waals surface area contributed by atoms with Crippen molar-refractivity contribution in [2.75, 3.05) is 0 Å². The van der Waals surface area contributed by atoms with Crippen molar-refractivity contribution in [2.45, 2.75) is 71.3 Å². The molecule has 0 heterocycles. The summed E-state index contributed by atoms with van der Waals surface area (Å²) in [5.41, 5.74) is 3.13. The first-order valence-corrected chi connectivity index (χ1v) is 9.25. The fraction of sp³-hybridized carbons (Fsp3) is 0.714. The zero-order valence-electron chi connectivity index (χ0n) is 14.4. The summed E-state index contributed by atoms with van der Waals surface area (Å²) in [6.07, 6.45) is 17.6. The molecule has 0 spiro atoms. The second kappa shape index (κ2) is 4.60. The molecule has 22 heavy (non-hydrogen) atoms. The van der Waals surface area contributed by atoms with Crippen molar-refractivity contribution in [1.29, 1.82) is 0 Å². The minimum absolute atomic E-state index is 0.0892. The standard InChI is InChI=1S/C21H30O/c1-4-21(22)14-11-18-16-9-8-15-7-5-6-12-19(15,2)17(16)10-13-20(18,21)3/h6-7,10,12,16,18,22H,4-5,8-9,11,13-14H2,1-3H3/t16-,18+,19+,20+,21-/m1/s1. The van der Waals surface area contributed by atoms with Gasteiger partial charge in [-0.15, -0.1) is 0 Å². The van der Waals surface area contributed by atoms with E-state index in [0.29, 0.717) is 11.8 Å². The highest BCUT2D eigenvalue weighted by Gasteiger charge is 2.60. The third-order valence-electron chi connectivity index (χ3n) is 7.91. The van der Waals surface area contributed by atoms with Crippen molar-refractivity contribution >= 4 is 0 Å². The topological polar surface area (TPSA) is 20.2 Å². The zero-order chi connectivity index (χ0) is 15.6. The molecule has 0 bridgehead atoms. The van der Waals surface area contributed by atoms with E-state index in [1.165, 1.54) is 19.3 Å². The SMILES string of the molecule is CC[C@@]1(O)CC[C@H]2[C@@H]3CCC4=CCC=C[C@]4(C)C3=CC[C@@]21C. The molecule has 4 aliphatic rings. The lowest BCUT2D eigenvalue weighted by atomic mass is 9.51. The van der Waals surface area contributed by atoms with Gasteiger partial charge < -0.3 is 5.11 Å². The van der Waals surface area contributed by atoms with Crippen LogP contribution in [0.4, 0.5) is 0 Å². The van der Waals surface area contributed by atoms with Crippen LogP contribution in [0.2, 0.25) is 0 Å². The molecule has 0 aliphatic heterocycles. The van der Waals surface area contributed by atoms with Crippen LogP contribution >= 0.6 is 0 Å². The molecule has 4 aliphatic carbocycles. The number of hydrogen-bond donors (Lipinski definition) is 1. The molecule has 0 amide bonds. The van der Waals surface area contributed by atoms with Gasteiger partial charge in [0.15, 0.2) is 0 Å². The normalized spacial score (nSPS) is 49.8. The lowest BCUT2D eigenvalue weighted by molar-refractivity contribution is -0.0827. The molecule has 1 heteroatoms. The summed E-state index contributed by atoms with van der Waals surface area (Å²) in [5.74, 6) is 1.36. The fourth-order valence-corrected chi connectivity index (χ4v) is 6.34. The van der Waals surface area contributed by atoms with Gasteiger partial charge in [-0.25, -0.2) is 0 Å². The summed E-state index contributed by atoms with van der Waals surface area (Å²) in [7, 11) is 0. The van der Waals surface area contributed by atoms with E-state index in [2.05, 4.69) is 45.1 Å². The molecule has 0 radical (unpaired) electrons. The number of hydrogen-bond acceptors (Lipinski definition) is 1. The highest BCUT2D eigenvalue weighted by molar-refractivity contribution is 5.44. The predicted molar refractivity (Wildman–Crippen MR) is 91.4 cm³/mol. The molecule has 2 fully saturated rings. The van der Waals surface area contributed by atoms with Gasteiger partial charge in [-0.3, -0.25) is 0 Å². The van der Waals surface area contributed by atoms with E-state index >= 15 is 0 Å². The molecular formula is C21H30O. The van der Waals surface area contributed by atoms with Gasteiger partial charge in [-0.05, 0) is 63.7 Å². The maximum atomic E-state index is 11.2. The van der Waals surface area contributed by atoms with Gasteiger partial charge in [0, 0.05) is 10.8 Å². The van der Waals surface area contributed by atoms with E-state index in [9.17, 15) is 5.11 Å². The Morgan fingerprint density at radius 3 is 2.82 bits per heavy atom. The summed E-state index contributed by atoms with van der Waals surface area (Å²) in [6, 6.07) is 0. The smallest absolute Gasteiger partial charge is 0.0704 e. The van der Waals surface area contributed by atoms with Crippen molar-refractivity contribution in [2.24, 2.45) is 22.7 Å². The Hall–Kier alpha value is -0.820. The average Bonchev–Trinajstić information content (AvgIpc) is 2.79. The van der Waals surface area contributed by atoms with Crippen LogP contribution < -0.4 is 0 Å². The van der Waals surface area contributed by atoms with Crippen molar-refractivity contribution in [1.82, 2.24) is 0 Å². The van der Waals surface area contributed by atoms with E-state index < -0.39 is 5.60 Å². The predicted octanol–water partition coefficient (Wildman–Crippen LogP) is 5.18. The molecule has 1 nitrogen and oxygen atoms in total. The van der Waals surface area contributed by atoms with Gasteiger partial charge in [0.2, 0.25) is 0 Å². The lowest BCUT2D eigenvalue weighted by Gasteiger charge is -2.54. The van der Waals surface area contributed by atoms with Crippen LogP contribution in [0, 0.1) is 22.7 Å². The van der Waals surface area contributed by atoms with Gasteiger partial charge in [-0.1, -0.05) is 49.3 Å². The third-order valence-corrected chi connectivity index (χ3v) is 7.91. The number of allylic oxidation sites excluding steroid dienone is 6. The Kier molecular flexibility index (Phi) is 3.08. The highest BCUT2D eigenvalue weighted by atomic mass is 16.3. The summed E-state index contributed by atoms with van der Waals surface area (Å²) in [5, 5.41) is 11.2. The Bertz CT molecular complexity index is 583. The average molecular weight is 298 g/mol. The number of fused-ring (bicyclic) bond motifs is 5. The number of aliphatic hydroxyl groups is 1. The summed E-state index contributed by atoms with van der Waals surface area (Å²) in [6.45, 7) is 6.96. The van der Waals surface area contributed by atoms with Crippen molar-refractivity contribution < 1.29 is 5.11 Å². The minimum Gasteiger partial charge on any atom is -0.389 e. The molecule has 0 aromatic heterocycles. The van der Waals surface area contributed by atoms with Gasteiger partial charge in [0.25, 0.3) is 0 Å². The molecular weight excluding hydrogens is 268 g/mol. The van der Waals surface area contributed by atoms with Gasteiger partial charge in [-0.2, -0.15) is 0 Å². The first-order valence-electron chi connectivity index (χ1n) is 9.25. The third kappa shape index (κ3) is 1.64. The highest BCUT2D eigenvalue weighted by Crippen LogP contribution is 2.65. The summed E-state index contributed by atoms with van der Waals surface area (Å²) in [4.78, 5) is 0. The number of rotatable bonds is 1. The van der Waals surface area contributed by atoms with E-state index in [-0.39, 0.29) is 10.8 Å². The molecule has 120 valence electrons. The molecule has 2 saturated carbocycles. The summed E-state index contributed by atoms with van der Waals surface area (Å²) >= 11 is 0. The quantitative estimate of drug-likeness (QED) is 0.662. The first kappa shape index (κ1) is 14.8. The molecule has 0 unspecified atom stereocenters. The van der Waals surface area contributed by atoms with Crippen molar-refractivity contribution in [3.05, 3.63) is 35.5 Å². The molecule has 5 atom stereocenters. The van der Waals surface area contributed by atoms with Crippen LogP contribution in [-0.4, -0.2) is 10.7 Å². The maximum absolute atomic E-state index is 11.2. The monoisotopic (exact) mass is 298 g/mol. The molecule has 0 saturated heterocycles. The van der Waals surface area contributed by atoms with E-state index in [1.807, 2.05) is 0 Å². The van der Waals surface area contributed by atoms with E-state index in [0.717, 1.165) is 25.7 Å². The molecule has 0 aromatic rings. The Labute approximate surface area is 135 Å². The van der Waals surface area contributed by atoms with Gasteiger partial charge in [0.1, 0.15) is 0 Å². The molecule has 0 aromatic carbocycles. The van der Waals surface area contributed by atoms with E-state index in [1.54, 1.807) is 11.1 Å². The Balaban J connectivity index is 1.77. The second-order valence-electron chi connectivity index (χ2n) is 8.53. The van der Waals surface area contributed by atoms with Crippen LogP contribution in [-0.2, 0) is 0 Å². The molecule has 1 N–H and O–H groups in total. The zero-order valence-corrected chi connectivity index (χ0v) is 14.4. The van der Waals surface area contributed by atoms with Gasteiger partial charge in [0.05, 0.1) is 5.60 Å². The fourth-order valence-electron chi connectivity index (χ4n) is 6.34. The van der Waals surface area contributed by atoms with Crippen LogP contribution in [0.3, 0.4) is 0 Å². The van der Waals surface area contributed by atoms with Crippen LogP contribution in [0.1, 0.15) is 65.7 Å². The van der Waals surface area contributed by atoms with Gasteiger partial charge >= 0.3 is 0 Å². The Morgan fingerprint density at radius 1 is 1.23 bits per heavy atom. The van der Waals surface area contributed by atoms with E-state index in [4.69, 9.17) is 0 Å². The van der Waals surface area contributed by atoms with Crippen LogP contribution in [0.25, 0.3) is 0 Å². The van der Waals surface area contributed by atoms with Crippen LogP contribution in [0.15, 0.2) is 35.5 Å². The van der Waals surface area contributed by atoms with Crippen LogP contribution in [0.5, 0.6) is 0 Å². The van der Waals surface area contributed by atoms with Crippen molar-refractivity contribution in [3.63, 3.8) is 0 Å². The lowest BCUT2D eigenvalue weighted by Crippen LogP contribution is -2.50. The van der Waals surface area contributed by atoms with Crippen molar-refractivity contribution in [3.8, 4) is 0 Å². The molecule has 4 rings (SSSR count). The first-order chi connectivity index (χ1) is 10.4. The minimum atomic E-state index is -0.445.